The zero-order chi connectivity index (χ0) is 14.7. The highest BCUT2D eigenvalue weighted by Gasteiger charge is 2.31. The van der Waals surface area contributed by atoms with Crippen LogP contribution in [0.4, 0.5) is 0 Å². The molecule has 1 N–H and O–H groups in total. The Morgan fingerprint density at radius 3 is 2.30 bits per heavy atom. The van der Waals surface area contributed by atoms with E-state index in [-0.39, 0.29) is 24.8 Å². The lowest BCUT2D eigenvalue weighted by atomic mass is 9.85. The van der Waals surface area contributed by atoms with E-state index in [1.165, 1.54) is 18.4 Å². The van der Waals surface area contributed by atoms with Crippen molar-refractivity contribution >= 4 is 56.7 Å². The van der Waals surface area contributed by atoms with Crippen LogP contribution in [0.1, 0.15) is 24.4 Å². The maximum atomic E-state index is 5.57. The van der Waals surface area contributed by atoms with Crippen LogP contribution in [0, 0.1) is 5.92 Å². The Labute approximate surface area is 168 Å². The third-order valence-corrected chi connectivity index (χ3v) is 6.42. The van der Waals surface area contributed by atoms with Gasteiger partial charge in [-0.3, -0.25) is 4.90 Å². The molecule has 1 aromatic carbocycles. The zero-order valence-electron chi connectivity index (χ0n) is 13.0. The Morgan fingerprint density at radius 2 is 1.70 bits per heavy atom. The summed E-state index contributed by atoms with van der Waals surface area (Å²) in [6.07, 6.45) is 2.34. The number of benzene rings is 1. The first-order valence-electron chi connectivity index (χ1n) is 7.73. The van der Waals surface area contributed by atoms with E-state index >= 15 is 0 Å². The van der Waals surface area contributed by atoms with Crippen LogP contribution in [-0.2, 0) is 4.74 Å². The van der Waals surface area contributed by atoms with Crippen LogP contribution in [-0.4, -0.2) is 44.3 Å². The van der Waals surface area contributed by atoms with E-state index in [0.717, 1.165) is 48.3 Å². The summed E-state index contributed by atoms with van der Waals surface area (Å²) in [6, 6.07) is 7.23. The van der Waals surface area contributed by atoms with Crippen LogP contribution >= 0.6 is 56.7 Å². The third kappa shape index (κ3) is 5.56. The van der Waals surface area contributed by atoms with Gasteiger partial charge in [0.1, 0.15) is 0 Å². The summed E-state index contributed by atoms with van der Waals surface area (Å²) in [4.78, 5) is 2.65. The summed E-state index contributed by atoms with van der Waals surface area (Å²) >= 11 is 7.24. The summed E-state index contributed by atoms with van der Waals surface area (Å²) in [6.45, 7) is 6.27. The van der Waals surface area contributed by atoms with Gasteiger partial charge >= 0.3 is 0 Å². The second kappa shape index (κ2) is 10.6. The van der Waals surface area contributed by atoms with Gasteiger partial charge in [0.05, 0.1) is 0 Å². The first kappa shape index (κ1) is 21.7. The van der Waals surface area contributed by atoms with Crippen molar-refractivity contribution in [3.63, 3.8) is 0 Å². The minimum atomic E-state index is 0. The Hall–Kier alpha value is 0.640. The fourth-order valence-electron chi connectivity index (χ4n) is 3.47. The number of nitrogens with zero attached hydrogens (tertiary/aromatic N) is 1. The number of hydrogen-bond donors (Lipinski definition) is 1. The fraction of sp³-hybridized carbons (Fsp3) is 0.625. The average Bonchev–Trinajstić information content (AvgIpc) is 2.53. The van der Waals surface area contributed by atoms with E-state index in [2.05, 4.69) is 60.3 Å². The summed E-state index contributed by atoms with van der Waals surface area (Å²) in [7, 11) is 0. The lowest BCUT2D eigenvalue weighted by Crippen LogP contribution is -2.47. The number of piperazine rings is 1. The van der Waals surface area contributed by atoms with Gasteiger partial charge in [-0.1, -0.05) is 6.07 Å². The van der Waals surface area contributed by atoms with Crippen molar-refractivity contribution in [2.45, 2.75) is 18.9 Å². The second-order valence-electron chi connectivity index (χ2n) is 5.85. The van der Waals surface area contributed by atoms with E-state index < -0.39 is 0 Å². The predicted octanol–water partition coefficient (Wildman–Crippen LogP) is 4.43. The van der Waals surface area contributed by atoms with Crippen LogP contribution < -0.4 is 5.32 Å². The molecule has 0 aromatic heterocycles. The number of hydrogen-bond acceptors (Lipinski definition) is 3. The molecule has 0 radical (unpaired) electrons. The summed E-state index contributed by atoms with van der Waals surface area (Å²) in [5, 5.41) is 3.46. The highest BCUT2D eigenvalue weighted by atomic mass is 79.9. The second-order valence-corrected chi connectivity index (χ2v) is 7.56. The van der Waals surface area contributed by atoms with E-state index in [4.69, 9.17) is 4.74 Å². The Bertz CT molecular complexity index is 463. The Kier molecular flexibility index (Phi) is 9.98. The normalized spacial score (nSPS) is 21.1. The largest absolute Gasteiger partial charge is 0.381 e. The van der Waals surface area contributed by atoms with Crippen LogP contribution in [0.3, 0.4) is 0 Å². The Morgan fingerprint density at radius 1 is 1.04 bits per heavy atom. The minimum Gasteiger partial charge on any atom is -0.381 e. The summed E-state index contributed by atoms with van der Waals surface area (Å²) in [5.74, 6) is 0.699. The van der Waals surface area contributed by atoms with Gasteiger partial charge in [0.25, 0.3) is 0 Å². The molecule has 7 heteroatoms. The van der Waals surface area contributed by atoms with E-state index in [9.17, 15) is 0 Å². The molecular weight excluding hydrogens is 467 g/mol. The molecule has 3 rings (SSSR count). The molecule has 132 valence electrons. The molecule has 0 bridgehead atoms. The molecule has 0 spiro atoms. The van der Waals surface area contributed by atoms with Gasteiger partial charge in [-0.2, -0.15) is 0 Å². The average molecular weight is 491 g/mol. The van der Waals surface area contributed by atoms with Crippen molar-refractivity contribution in [3.8, 4) is 0 Å². The molecule has 0 amide bonds. The standard InChI is InChI=1S/C16H22Br2N2O.2ClH/c17-14-2-1-13(11-15(14)18)16(12-3-9-21-10-4-12)20-7-5-19-6-8-20;;/h1-2,11-12,16,19H,3-10H2;2*1H/t16-;;/m0../s1. The maximum absolute atomic E-state index is 5.57. The van der Waals surface area contributed by atoms with Crippen molar-refractivity contribution < 1.29 is 4.74 Å². The summed E-state index contributed by atoms with van der Waals surface area (Å²) in [5.41, 5.74) is 1.43. The Balaban J connectivity index is 0.00000132. The quantitative estimate of drug-likeness (QED) is 0.678. The van der Waals surface area contributed by atoms with E-state index in [1.807, 2.05) is 0 Å². The molecule has 0 saturated carbocycles. The van der Waals surface area contributed by atoms with E-state index in [0.29, 0.717) is 12.0 Å². The molecule has 2 aliphatic rings. The predicted molar refractivity (Wildman–Crippen MR) is 107 cm³/mol. The van der Waals surface area contributed by atoms with Crippen LogP contribution in [0.5, 0.6) is 0 Å². The van der Waals surface area contributed by atoms with Crippen molar-refractivity contribution in [2.24, 2.45) is 5.92 Å². The van der Waals surface area contributed by atoms with Crippen LogP contribution in [0.2, 0.25) is 0 Å². The molecule has 23 heavy (non-hydrogen) atoms. The zero-order valence-corrected chi connectivity index (χ0v) is 17.8. The molecule has 3 nitrogen and oxygen atoms in total. The van der Waals surface area contributed by atoms with Crippen molar-refractivity contribution in [1.29, 1.82) is 0 Å². The summed E-state index contributed by atoms with van der Waals surface area (Å²) < 4.78 is 7.84. The monoisotopic (exact) mass is 488 g/mol. The molecule has 2 heterocycles. The molecule has 1 atom stereocenters. The number of rotatable bonds is 3. The fourth-order valence-corrected chi connectivity index (χ4v) is 4.11. The molecule has 1 aromatic rings. The first-order valence-corrected chi connectivity index (χ1v) is 9.32. The minimum absolute atomic E-state index is 0. The topological polar surface area (TPSA) is 24.5 Å². The van der Waals surface area contributed by atoms with Gasteiger partial charge in [-0.05, 0) is 68.3 Å². The van der Waals surface area contributed by atoms with Crippen LogP contribution in [0.15, 0.2) is 27.1 Å². The number of nitrogens with one attached hydrogen (secondary N) is 1. The highest BCUT2D eigenvalue weighted by Crippen LogP contribution is 2.37. The molecule has 2 saturated heterocycles. The van der Waals surface area contributed by atoms with Crippen molar-refractivity contribution in [2.75, 3.05) is 39.4 Å². The smallest absolute Gasteiger partial charge is 0.0469 e. The van der Waals surface area contributed by atoms with Crippen LogP contribution in [0.25, 0.3) is 0 Å². The first-order chi connectivity index (χ1) is 10.3. The van der Waals surface area contributed by atoms with Crippen molar-refractivity contribution in [3.05, 3.63) is 32.7 Å². The molecule has 2 fully saturated rings. The van der Waals surface area contributed by atoms with Gasteiger partial charge in [0, 0.05) is 54.4 Å². The molecular formula is C16H24Br2Cl2N2O. The SMILES string of the molecule is Brc1ccc([C@H](C2CCOCC2)N2CCNCC2)cc1Br.Cl.Cl. The maximum Gasteiger partial charge on any atom is 0.0469 e. The number of halogens is 4. The molecule has 0 aliphatic carbocycles. The third-order valence-electron chi connectivity index (χ3n) is 4.54. The van der Waals surface area contributed by atoms with Gasteiger partial charge < -0.3 is 10.1 Å². The van der Waals surface area contributed by atoms with Gasteiger partial charge in [0.2, 0.25) is 0 Å². The van der Waals surface area contributed by atoms with Gasteiger partial charge in [-0.15, -0.1) is 24.8 Å². The van der Waals surface area contributed by atoms with Gasteiger partial charge in [-0.25, -0.2) is 0 Å². The molecule has 0 unspecified atom stereocenters. The molecule has 2 aliphatic heterocycles. The lowest BCUT2D eigenvalue weighted by molar-refractivity contribution is 0.0213. The number of ether oxygens (including phenoxy) is 1. The van der Waals surface area contributed by atoms with E-state index in [1.54, 1.807) is 0 Å². The van der Waals surface area contributed by atoms with Crippen molar-refractivity contribution in [1.82, 2.24) is 10.2 Å². The lowest BCUT2D eigenvalue weighted by Gasteiger charge is -2.41. The highest BCUT2D eigenvalue weighted by molar-refractivity contribution is 9.13. The van der Waals surface area contributed by atoms with Gasteiger partial charge in [0.15, 0.2) is 0 Å².